The Hall–Kier alpha value is -1.05. The lowest BCUT2D eigenvalue weighted by Crippen LogP contribution is -2.44. The molecule has 0 aliphatic heterocycles. The molecule has 1 amide bonds. The molecule has 2 N–H and O–H groups in total. The van der Waals surface area contributed by atoms with Gasteiger partial charge in [-0.3, -0.25) is 4.79 Å². The largest absolute Gasteiger partial charge is 0.380 e. The van der Waals surface area contributed by atoms with Gasteiger partial charge in [-0.2, -0.15) is 0 Å². The summed E-state index contributed by atoms with van der Waals surface area (Å²) >= 11 is 0. The summed E-state index contributed by atoms with van der Waals surface area (Å²) in [5.74, 6) is 2.29. The van der Waals surface area contributed by atoms with Gasteiger partial charge in [-0.05, 0) is 13.8 Å². The van der Waals surface area contributed by atoms with Crippen LogP contribution in [0.15, 0.2) is 0 Å². The second kappa shape index (κ2) is 8.27. The molecule has 4 heteroatoms. The topological polar surface area (TPSA) is 55.6 Å². The summed E-state index contributed by atoms with van der Waals surface area (Å²) in [6, 6.07) is -0.587. The first kappa shape index (κ1) is 13.9. The van der Waals surface area contributed by atoms with Gasteiger partial charge in [0.2, 0.25) is 5.91 Å². The quantitative estimate of drug-likeness (QED) is 0.485. The minimum absolute atomic E-state index is 0.102. The number of nitrogens with two attached hydrogens (primary N) is 1. The van der Waals surface area contributed by atoms with Crippen LogP contribution in [0.2, 0.25) is 0 Å². The zero-order valence-corrected chi connectivity index (χ0v) is 9.53. The van der Waals surface area contributed by atoms with E-state index < -0.39 is 6.04 Å². The van der Waals surface area contributed by atoms with Gasteiger partial charge in [-0.15, -0.1) is 12.3 Å². The molecule has 4 nitrogen and oxygen atoms in total. The van der Waals surface area contributed by atoms with E-state index in [-0.39, 0.29) is 12.3 Å². The summed E-state index contributed by atoms with van der Waals surface area (Å²) in [6.45, 7) is 6.22. The minimum atomic E-state index is -0.587. The van der Waals surface area contributed by atoms with Gasteiger partial charge in [-0.25, -0.2) is 0 Å². The maximum atomic E-state index is 11.7. The number of terminal acetylenes is 1. The highest BCUT2D eigenvalue weighted by Crippen LogP contribution is 1.97. The molecule has 86 valence electrons. The monoisotopic (exact) mass is 212 g/mol. The van der Waals surface area contributed by atoms with Crippen LogP contribution in [0.4, 0.5) is 0 Å². The first-order chi connectivity index (χ1) is 7.17. The van der Waals surface area contributed by atoms with Crippen molar-refractivity contribution in [3.05, 3.63) is 0 Å². The van der Waals surface area contributed by atoms with E-state index in [0.29, 0.717) is 26.3 Å². The predicted octanol–water partition coefficient (Wildman–Crippen LogP) is 0.222. The minimum Gasteiger partial charge on any atom is -0.380 e. The molecule has 0 saturated carbocycles. The molecule has 0 heterocycles. The number of hydrogen-bond donors (Lipinski definition) is 1. The molecule has 0 rings (SSSR count). The van der Waals surface area contributed by atoms with E-state index in [1.54, 1.807) is 4.90 Å². The van der Waals surface area contributed by atoms with Crippen molar-refractivity contribution in [1.29, 1.82) is 0 Å². The Kier molecular flexibility index (Phi) is 7.69. The lowest BCUT2D eigenvalue weighted by atomic mass is 10.2. The molecule has 1 atom stereocenters. The fraction of sp³-hybridized carbons (Fsp3) is 0.727. The first-order valence-corrected chi connectivity index (χ1v) is 5.22. The number of nitrogens with zero attached hydrogens (tertiary/aromatic N) is 1. The van der Waals surface area contributed by atoms with Crippen molar-refractivity contribution in [1.82, 2.24) is 4.90 Å². The van der Waals surface area contributed by atoms with Crippen LogP contribution in [0.5, 0.6) is 0 Å². The summed E-state index contributed by atoms with van der Waals surface area (Å²) in [5, 5.41) is 0. The SMILES string of the molecule is C#CCC(N)C(=O)N(CC)CCOCC. The van der Waals surface area contributed by atoms with Crippen LogP contribution in [0.1, 0.15) is 20.3 Å². The second-order valence-corrected chi connectivity index (χ2v) is 3.13. The lowest BCUT2D eigenvalue weighted by molar-refractivity contribution is -0.133. The molecule has 0 aliphatic carbocycles. The molecular weight excluding hydrogens is 192 g/mol. The predicted molar refractivity (Wildman–Crippen MR) is 60.2 cm³/mol. The van der Waals surface area contributed by atoms with Gasteiger partial charge in [0.05, 0.1) is 12.6 Å². The second-order valence-electron chi connectivity index (χ2n) is 3.13. The summed E-state index contributed by atoms with van der Waals surface area (Å²) in [4.78, 5) is 13.4. The average Bonchev–Trinajstić information content (AvgIpc) is 2.24. The van der Waals surface area contributed by atoms with Crippen LogP contribution in [-0.2, 0) is 9.53 Å². The summed E-state index contributed by atoms with van der Waals surface area (Å²) in [6.07, 6.45) is 5.39. The van der Waals surface area contributed by atoms with E-state index in [1.165, 1.54) is 0 Å². The normalized spacial score (nSPS) is 11.9. The van der Waals surface area contributed by atoms with Crippen molar-refractivity contribution in [2.75, 3.05) is 26.3 Å². The molecule has 0 radical (unpaired) electrons. The van der Waals surface area contributed by atoms with Crippen molar-refractivity contribution < 1.29 is 9.53 Å². The van der Waals surface area contributed by atoms with E-state index in [2.05, 4.69) is 5.92 Å². The maximum absolute atomic E-state index is 11.7. The highest BCUT2D eigenvalue weighted by Gasteiger charge is 2.18. The van der Waals surface area contributed by atoms with Gasteiger partial charge in [0.25, 0.3) is 0 Å². The summed E-state index contributed by atoms with van der Waals surface area (Å²) < 4.78 is 5.18. The zero-order chi connectivity index (χ0) is 11.7. The highest BCUT2D eigenvalue weighted by molar-refractivity contribution is 5.81. The number of hydrogen-bond acceptors (Lipinski definition) is 3. The number of ether oxygens (including phenoxy) is 1. The third-order valence-electron chi connectivity index (χ3n) is 2.06. The third-order valence-corrected chi connectivity index (χ3v) is 2.06. The van der Waals surface area contributed by atoms with Gasteiger partial charge in [-0.1, -0.05) is 0 Å². The summed E-state index contributed by atoms with van der Waals surface area (Å²) in [5.41, 5.74) is 5.63. The van der Waals surface area contributed by atoms with Crippen LogP contribution >= 0.6 is 0 Å². The number of amides is 1. The van der Waals surface area contributed by atoms with Crippen LogP contribution in [-0.4, -0.2) is 43.2 Å². The molecule has 0 saturated heterocycles. The van der Waals surface area contributed by atoms with E-state index in [0.717, 1.165) is 0 Å². The van der Waals surface area contributed by atoms with Crippen molar-refractivity contribution in [3.8, 4) is 12.3 Å². The molecular formula is C11H20N2O2. The molecule has 1 unspecified atom stereocenters. The highest BCUT2D eigenvalue weighted by atomic mass is 16.5. The smallest absolute Gasteiger partial charge is 0.240 e. The number of likely N-dealkylation sites (N-methyl/N-ethyl adjacent to an activating group) is 1. The molecule has 0 aromatic rings. The van der Waals surface area contributed by atoms with Crippen molar-refractivity contribution in [3.63, 3.8) is 0 Å². The van der Waals surface area contributed by atoms with Gasteiger partial charge in [0, 0.05) is 26.1 Å². The van der Waals surface area contributed by atoms with Crippen LogP contribution < -0.4 is 5.73 Å². The van der Waals surface area contributed by atoms with Crippen LogP contribution in [0.25, 0.3) is 0 Å². The molecule has 0 spiro atoms. The summed E-state index contributed by atoms with van der Waals surface area (Å²) in [7, 11) is 0. The molecule has 0 fully saturated rings. The average molecular weight is 212 g/mol. The van der Waals surface area contributed by atoms with Crippen LogP contribution in [0, 0.1) is 12.3 Å². The Labute approximate surface area is 91.8 Å². The van der Waals surface area contributed by atoms with Crippen molar-refractivity contribution >= 4 is 5.91 Å². The maximum Gasteiger partial charge on any atom is 0.240 e. The number of rotatable bonds is 7. The van der Waals surface area contributed by atoms with Crippen molar-refractivity contribution in [2.24, 2.45) is 5.73 Å². The Morgan fingerprint density at radius 2 is 2.27 bits per heavy atom. The third kappa shape index (κ3) is 5.40. The molecule has 0 bridgehead atoms. The van der Waals surface area contributed by atoms with E-state index in [4.69, 9.17) is 16.9 Å². The van der Waals surface area contributed by atoms with Crippen molar-refractivity contribution in [2.45, 2.75) is 26.3 Å². The molecule has 0 aliphatic rings. The Balaban J connectivity index is 4.04. The zero-order valence-electron chi connectivity index (χ0n) is 9.53. The Morgan fingerprint density at radius 1 is 1.60 bits per heavy atom. The van der Waals surface area contributed by atoms with Gasteiger partial charge >= 0.3 is 0 Å². The Bertz CT molecular complexity index is 223. The molecule has 0 aromatic heterocycles. The fourth-order valence-electron chi connectivity index (χ4n) is 1.19. The molecule has 0 aromatic carbocycles. The standard InChI is InChI=1S/C11H20N2O2/c1-4-7-10(12)11(14)13(5-2)8-9-15-6-3/h1,10H,5-9,12H2,2-3H3. The number of carbonyl (C=O) groups is 1. The lowest BCUT2D eigenvalue weighted by Gasteiger charge is -2.23. The van der Waals surface area contributed by atoms with E-state index in [9.17, 15) is 4.79 Å². The fourth-order valence-corrected chi connectivity index (χ4v) is 1.19. The van der Waals surface area contributed by atoms with E-state index >= 15 is 0 Å². The van der Waals surface area contributed by atoms with E-state index in [1.807, 2.05) is 13.8 Å². The van der Waals surface area contributed by atoms with Crippen LogP contribution in [0.3, 0.4) is 0 Å². The van der Waals surface area contributed by atoms with Gasteiger partial charge in [0.1, 0.15) is 0 Å². The van der Waals surface area contributed by atoms with Gasteiger partial charge < -0.3 is 15.4 Å². The van der Waals surface area contributed by atoms with Gasteiger partial charge in [0.15, 0.2) is 0 Å². The number of carbonyl (C=O) groups excluding carboxylic acids is 1. The molecule has 15 heavy (non-hydrogen) atoms. The first-order valence-electron chi connectivity index (χ1n) is 5.22. The Morgan fingerprint density at radius 3 is 2.73 bits per heavy atom.